The van der Waals surface area contributed by atoms with Crippen LogP contribution < -0.4 is 5.32 Å². The number of carbonyl (C=O) groups is 1. The summed E-state index contributed by atoms with van der Waals surface area (Å²) in [5.74, 6) is -0.384. The summed E-state index contributed by atoms with van der Waals surface area (Å²) in [4.78, 5) is 11.8. The second-order valence-electron chi connectivity index (χ2n) is 4.20. The highest BCUT2D eigenvalue weighted by molar-refractivity contribution is 6.33. The Balaban J connectivity index is 2.07. The van der Waals surface area contributed by atoms with Gasteiger partial charge in [0.2, 0.25) is 5.91 Å². The standard InChI is InChI=1S/C13H12ClF2N3O/c1-8-6-11(13(15)16)18-19(8)7-12(20)17-10-5-3-2-4-9(10)14/h2-6,13H,7H2,1H3,(H,17,20). The van der Waals surface area contributed by atoms with Gasteiger partial charge in [-0.15, -0.1) is 0 Å². The van der Waals surface area contributed by atoms with Gasteiger partial charge in [0.1, 0.15) is 12.2 Å². The lowest BCUT2D eigenvalue weighted by Crippen LogP contribution is -2.20. The topological polar surface area (TPSA) is 46.9 Å². The first kappa shape index (κ1) is 14.5. The Morgan fingerprint density at radius 2 is 2.15 bits per heavy atom. The fraction of sp³-hybridized carbons (Fsp3) is 0.231. The van der Waals surface area contributed by atoms with Crippen LogP contribution in [0.15, 0.2) is 30.3 Å². The number of hydrogen-bond donors (Lipinski definition) is 1. The summed E-state index contributed by atoms with van der Waals surface area (Å²) < 4.78 is 26.2. The van der Waals surface area contributed by atoms with E-state index in [0.29, 0.717) is 16.4 Å². The molecule has 2 aromatic rings. The van der Waals surface area contributed by atoms with Crippen molar-refractivity contribution in [1.82, 2.24) is 9.78 Å². The molecule has 2 rings (SSSR count). The summed E-state index contributed by atoms with van der Waals surface area (Å²) in [6, 6.07) is 8.03. The average Bonchev–Trinajstić information content (AvgIpc) is 2.74. The van der Waals surface area contributed by atoms with E-state index < -0.39 is 6.43 Å². The molecule has 1 aromatic heterocycles. The molecule has 20 heavy (non-hydrogen) atoms. The fourth-order valence-electron chi connectivity index (χ4n) is 1.69. The van der Waals surface area contributed by atoms with Gasteiger partial charge in [0.25, 0.3) is 6.43 Å². The van der Waals surface area contributed by atoms with Gasteiger partial charge in [0.15, 0.2) is 0 Å². The van der Waals surface area contributed by atoms with Gasteiger partial charge in [-0.05, 0) is 25.1 Å². The number of rotatable bonds is 4. The largest absolute Gasteiger partial charge is 0.323 e. The number of amides is 1. The van der Waals surface area contributed by atoms with Crippen LogP contribution in [0.5, 0.6) is 0 Å². The van der Waals surface area contributed by atoms with Crippen LogP contribution >= 0.6 is 11.6 Å². The third-order valence-electron chi connectivity index (χ3n) is 2.66. The van der Waals surface area contributed by atoms with Crippen LogP contribution in [0.4, 0.5) is 14.5 Å². The van der Waals surface area contributed by atoms with E-state index in [4.69, 9.17) is 11.6 Å². The van der Waals surface area contributed by atoms with Gasteiger partial charge in [-0.2, -0.15) is 5.10 Å². The van der Waals surface area contributed by atoms with Crippen molar-refractivity contribution in [2.24, 2.45) is 0 Å². The quantitative estimate of drug-likeness (QED) is 0.940. The molecule has 0 fully saturated rings. The number of nitrogens with one attached hydrogen (secondary N) is 1. The number of hydrogen-bond acceptors (Lipinski definition) is 2. The van der Waals surface area contributed by atoms with Crippen molar-refractivity contribution in [2.45, 2.75) is 19.9 Å². The van der Waals surface area contributed by atoms with Crippen LogP contribution in [-0.4, -0.2) is 15.7 Å². The first-order valence-electron chi connectivity index (χ1n) is 5.84. The van der Waals surface area contributed by atoms with Crippen molar-refractivity contribution in [3.63, 3.8) is 0 Å². The Kier molecular flexibility index (Phi) is 4.34. The lowest BCUT2D eigenvalue weighted by Gasteiger charge is -2.08. The molecule has 0 saturated carbocycles. The Bertz CT molecular complexity index is 628. The van der Waals surface area contributed by atoms with Gasteiger partial charge >= 0.3 is 0 Å². The van der Waals surface area contributed by atoms with E-state index in [1.54, 1.807) is 31.2 Å². The van der Waals surface area contributed by atoms with Crippen molar-refractivity contribution < 1.29 is 13.6 Å². The highest BCUT2D eigenvalue weighted by Gasteiger charge is 2.15. The second kappa shape index (κ2) is 6.00. The SMILES string of the molecule is Cc1cc(C(F)F)nn1CC(=O)Nc1ccccc1Cl. The summed E-state index contributed by atoms with van der Waals surface area (Å²) in [7, 11) is 0. The maximum absolute atomic E-state index is 12.5. The molecule has 1 heterocycles. The minimum Gasteiger partial charge on any atom is -0.323 e. The summed E-state index contributed by atoms with van der Waals surface area (Å²) in [5, 5.41) is 6.70. The third kappa shape index (κ3) is 3.33. The number of aromatic nitrogens is 2. The molecular weight excluding hydrogens is 288 g/mol. The summed E-state index contributed by atoms with van der Waals surface area (Å²) in [6.45, 7) is 1.46. The molecule has 7 heteroatoms. The van der Waals surface area contributed by atoms with Crippen LogP contribution in [0.1, 0.15) is 17.8 Å². The van der Waals surface area contributed by atoms with Gasteiger partial charge in [0, 0.05) is 5.69 Å². The van der Waals surface area contributed by atoms with Crippen LogP contribution in [0.25, 0.3) is 0 Å². The van der Waals surface area contributed by atoms with E-state index in [2.05, 4.69) is 10.4 Å². The smallest absolute Gasteiger partial charge is 0.282 e. The first-order chi connectivity index (χ1) is 9.47. The van der Waals surface area contributed by atoms with E-state index in [0.717, 1.165) is 0 Å². The summed E-state index contributed by atoms with van der Waals surface area (Å²) in [6.07, 6.45) is -2.65. The fourth-order valence-corrected chi connectivity index (χ4v) is 1.87. The molecule has 0 radical (unpaired) electrons. The minimum atomic E-state index is -2.65. The number of halogens is 3. The molecule has 0 saturated heterocycles. The Hall–Kier alpha value is -1.95. The monoisotopic (exact) mass is 299 g/mol. The van der Waals surface area contributed by atoms with E-state index in [1.807, 2.05) is 0 Å². The molecule has 0 atom stereocenters. The Morgan fingerprint density at radius 3 is 2.75 bits per heavy atom. The zero-order valence-electron chi connectivity index (χ0n) is 10.6. The number of carbonyl (C=O) groups excluding carboxylic acids is 1. The minimum absolute atomic E-state index is 0.149. The van der Waals surface area contributed by atoms with E-state index in [9.17, 15) is 13.6 Å². The molecule has 1 N–H and O–H groups in total. The third-order valence-corrected chi connectivity index (χ3v) is 2.99. The molecule has 0 bridgehead atoms. The molecule has 0 unspecified atom stereocenters. The lowest BCUT2D eigenvalue weighted by atomic mass is 10.3. The zero-order chi connectivity index (χ0) is 14.7. The highest BCUT2D eigenvalue weighted by atomic mass is 35.5. The van der Waals surface area contributed by atoms with Crippen LogP contribution in [0.2, 0.25) is 5.02 Å². The van der Waals surface area contributed by atoms with Gasteiger partial charge in [0.05, 0.1) is 10.7 Å². The number of benzene rings is 1. The molecular formula is C13H12ClF2N3O. The molecule has 1 amide bonds. The molecule has 0 spiro atoms. The second-order valence-corrected chi connectivity index (χ2v) is 4.60. The Morgan fingerprint density at radius 1 is 1.45 bits per heavy atom. The highest BCUT2D eigenvalue weighted by Crippen LogP contribution is 2.21. The van der Waals surface area contributed by atoms with Crippen molar-refractivity contribution >= 4 is 23.2 Å². The number of aryl methyl sites for hydroxylation is 1. The summed E-state index contributed by atoms with van der Waals surface area (Å²) in [5.41, 5.74) is 0.626. The van der Waals surface area contributed by atoms with E-state index >= 15 is 0 Å². The summed E-state index contributed by atoms with van der Waals surface area (Å²) >= 11 is 5.91. The van der Waals surface area contributed by atoms with Crippen LogP contribution in [0, 0.1) is 6.92 Å². The molecule has 0 aliphatic rings. The number of anilines is 1. The number of nitrogens with zero attached hydrogens (tertiary/aromatic N) is 2. The van der Waals surface area contributed by atoms with Crippen molar-refractivity contribution in [2.75, 3.05) is 5.32 Å². The number of alkyl halides is 2. The number of para-hydroxylation sites is 1. The van der Waals surface area contributed by atoms with Crippen LogP contribution in [0.3, 0.4) is 0 Å². The van der Waals surface area contributed by atoms with Crippen molar-refractivity contribution in [3.8, 4) is 0 Å². The molecule has 4 nitrogen and oxygen atoms in total. The van der Waals surface area contributed by atoms with Crippen LogP contribution in [-0.2, 0) is 11.3 Å². The van der Waals surface area contributed by atoms with Gasteiger partial charge < -0.3 is 5.32 Å². The van der Waals surface area contributed by atoms with Gasteiger partial charge in [-0.1, -0.05) is 23.7 Å². The predicted octanol–water partition coefficient (Wildman–Crippen LogP) is 3.42. The maximum atomic E-state index is 12.5. The first-order valence-corrected chi connectivity index (χ1v) is 6.22. The molecule has 1 aromatic carbocycles. The average molecular weight is 300 g/mol. The van der Waals surface area contributed by atoms with E-state index in [1.165, 1.54) is 10.7 Å². The predicted molar refractivity (Wildman–Crippen MR) is 72.0 cm³/mol. The maximum Gasteiger partial charge on any atom is 0.282 e. The normalized spacial score (nSPS) is 10.8. The molecule has 106 valence electrons. The van der Waals surface area contributed by atoms with Gasteiger partial charge in [-0.3, -0.25) is 9.48 Å². The molecule has 0 aliphatic carbocycles. The van der Waals surface area contributed by atoms with Crippen molar-refractivity contribution in [1.29, 1.82) is 0 Å². The van der Waals surface area contributed by atoms with Gasteiger partial charge in [-0.25, -0.2) is 8.78 Å². The Labute approximate surface area is 119 Å². The van der Waals surface area contributed by atoms with Crippen molar-refractivity contribution in [3.05, 3.63) is 46.7 Å². The van der Waals surface area contributed by atoms with E-state index in [-0.39, 0.29) is 18.1 Å². The lowest BCUT2D eigenvalue weighted by molar-refractivity contribution is -0.117. The zero-order valence-corrected chi connectivity index (χ0v) is 11.4. The molecule has 0 aliphatic heterocycles.